The number of hydrogen-bond donors (Lipinski definition) is 1. The Kier molecular flexibility index (Phi) is 2.84. The van der Waals surface area contributed by atoms with E-state index >= 15 is 0 Å². The number of ether oxygens (including phenoxy) is 1. The standard InChI is InChI=1S/C6H4F3IN2O/c7-6(8,9)13-4-2-1-3(10)5(11)12-4/h1-2H,(H2,11,12). The summed E-state index contributed by atoms with van der Waals surface area (Å²) < 4.78 is 39.1. The molecule has 0 aliphatic heterocycles. The van der Waals surface area contributed by atoms with Gasteiger partial charge in [0.05, 0.1) is 3.57 Å². The van der Waals surface area contributed by atoms with Gasteiger partial charge in [0.2, 0.25) is 5.88 Å². The third kappa shape index (κ3) is 3.25. The first-order valence-electron chi connectivity index (χ1n) is 3.06. The van der Waals surface area contributed by atoms with Gasteiger partial charge in [-0.2, -0.15) is 4.98 Å². The van der Waals surface area contributed by atoms with Crippen LogP contribution in [0.5, 0.6) is 5.88 Å². The zero-order chi connectivity index (χ0) is 10.1. The molecule has 0 amide bonds. The van der Waals surface area contributed by atoms with Crippen LogP contribution in [0.25, 0.3) is 0 Å². The van der Waals surface area contributed by atoms with Crippen molar-refractivity contribution in [3.05, 3.63) is 15.7 Å². The van der Waals surface area contributed by atoms with E-state index in [-0.39, 0.29) is 5.82 Å². The lowest BCUT2D eigenvalue weighted by atomic mass is 10.4. The number of pyridine rings is 1. The van der Waals surface area contributed by atoms with Gasteiger partial charge >= 0.3 is 6.36 Å². The van der Waals surface area contributed by atoms with E-state index in [4.69, 9.17) is 5.73 Å². The molecule has 1 aromatic heterocycles. The highest BCUT2D eigenvalue weighted by Gasteiger charge is 2.31. The van der Waals surface area contributed by atoms with E-state index in [1.165, 1.54) is 6.07 Å². The van der Waals surface area contributed by atoms with Crippen molar-refractivity contribution in [1.29, 1.82) is 0 Å². The molecule has 0 bridgehead atoms. The summed E-state index contributed by atoms with van der Waals surface area (Å²) in [7, 11) is 0. The summed E-state index contributed by atoms with van der Waals surface area (Å²) in [5.41, 5.74) is 5.27. The Morgan fingerprint density at radius 3 is 2.46 bits per heavy atom. The highest BCUT2D eigenvalue weighted by molar-refractivity contribution is 14.1. The molecule has 72 valence electrons. The van der Waals surface area contributed by atoms with E-state index in [9.17, 15) is 13.2 Å². The van der Waals surface area contributed by atoms with Crippen LogP contribution in [0.4, 0.5) is 19.0 Å². The fraction of sp³-hybridized carbons (Fsp3) is 0.167. The number of aromatic nitrogens is 1. The number of alkyl halides is 3. The molecule has 2 N–H and O–H groups in total. The van der Waals surface area contributed by atoms with Gasteiger partial charge in [-0.05, 0) is 28.7 Å². The second-order valence-electron chi connectivity index (χ2n) is 2.06. The molecule has 1 rings (SSSR count). The minimum atomic E-state index is -4.73. The topological polar surface area (TPSA) is 48.1 Å². The van der Waals surface area contributed by atoms with Gasteiger partial charge < -0.3 is 10.5 Å². The molecule has 13 heavy (non-hydrogen) atoms. The summed E-state index contributed by atoms with van der Waals surface area (Å²) in [5, 5.41) is 0. The predicted molar refractivity (Wildman–Crippen MR) is 48.0 cm³/mol. The van der Waals surface area contributed by atoms with Crippen molar-refractivity contribution >= 4 is 28.4 Å². The van der Waals surface area contributed by atoms with Crippen LogP contribution < -0.4 is 10.5 Å². The van der Waals surface area contributed by atoms with Crippen molar-refractivity contribution in [3.8, 4) is 5.88 Å². The lowest BCUT2D eigenvalue weighted by molar-refractivity contribution is -0.276. The highest BCUT2D eigenvalue weighted by atomic mass is 127. The van der Waals surface area contributed by atoms with Crippen LogP contribution in [0.1, 0.15) is 0 Å². The molecule has 0 unspecified atom stereocenters. The molecule has 0 spiro atoms. The average molecular weight is 304 g/mol. The number of nitrogens with two attached hydrogens (primary N) is 1. The number of rotatable bonds is 1. The van der Waals surface area contributed by atoms with Gasteiger partial charge in [-0.25, -0.2) is 0 Å². The molecule has 0 aromatic carbocycles. The highest BCUT2D eigenvalue weighted by Crippen LogP contribution is 2.23. The maximum Gasteiger partial charge on any atom is 0.574 e. The van der Waals surface area contributed by atoms with Gasteiger partial charge in [-0.3, -0.25) is 0 Å². The summed E-state index contributed by atoms with van der Waals surface area (Å²) in [6.45, 7) is 0. The second-order valence-corrected chi connectivity index (χ2v) is 3.23. The maximum atomic E-state index is 11.7. The third-order valence-electron chi connectivity index (χ3n) is 1.07. The second kappa shape index (κ2) is 3.56. The molecule has 1 aromatic rings. The van der Waals surface area contributed by atoms with Crippen LogP contribution in [0.2, 0.25) is 0 Å². The molecular formula is C6H4F3IN2O. The van der Waals surface area contributed by atoms with Crippen LogP contribution in [0.3, 0.4) is 0 Å². The molecule has 7 heteroatoms. The minimum Gasteiger partial charge on any atom is -0.388 e. The number of halogens is 4. The van der Waals surface area contributed by atoms with Crippen molar-refractivity contribution in [1.82, 2.24) is 4.98 Å². The zero-order valence-electron chi connectivity index (χ0n) is 6.10. The Hall–Kier alpha value is -0.730. The molecule has 0 saturated carbocycles. The SMILES string of the molecule is Nc1nc(OC(F)(F)F)ccc1I. The molecule has 1 heterocycles. The van der Waals surface area contributed by atoms with Gasteiger partial charge in [0, 0.05) is 6.07 Å². The molecule has 0 aliphatic carbocycles. The zero-order valence-corrected chi connectivity index (χ0v) is 8.26. The smallest absolute Gasteiger partial charge is 0.388 e. The quantitative estimate of drug-likeness (QED) is 0.809. The monoisotopic (exact) mass is 304 g/mol. The molecule has 0 saturated heterocycles. The van der Waals surface area contributed by atoms with Crippen LogP contribution in [-0.2, 0) is 0 Å². The van der Waals surface area contributed by atoms with Gasteiger partial charge in [0.25, 0.3) is 0 Å². The van der Waals surface area contributed by atoms with E-state index in [2.05, 4.69) is 9.72 Å². The normalized spacial score (nSPS) is 11.4. The lowest BCUT2D eigenvalue weighted by Gasteiger charge is -2.08. The van der Waals surface area contributed by atoms with Crippen molar-refractivity contribution < 1.29 is 17.9 Å². The third-order valence-corrected chi connectivity index (χ3v) is 1.98. The summed E-state index contributed by atoms with van der Waals surface area (Å²) in [6.07, 6.45) is -4.73. The van der Waals surface area contributed by atoms with Gasteiger partial charge in [0.1, 0.15) is 5.82 Å². The molecule has 0 fully saturated rings. The number of hydrogen-bond acceptors (Lipinski definition) is 3. The Balaban J connectivity index is 2.86. The summed E-state index contributed by atoms with van der Waals surface area (Å²) in [4.78, 5) is 3.39. The molecule has 0 atom stereocenters. The fourth-order valence-electron chi connectivity index (χ4n) is 0.615. The van der Waals surface area contributed by atoms with Crippen LogP contribution in [0, 0.1) is 3.57 Å². The van der Waals surface area contributed by atoms with E-state index in [1.54, 1.807) is 0 Å². The number of nitrogen functional groups attached to an aromatic ring is 1. The Labute approximate surface area is 85.2 Å². The first kappa shape index (κ1) is 10.4. The maximum absolute atomic E-state index is 11.7. The van der Waals surface area contributed by atoms with E-state index in [0.717, 1.165) is 6.07 Å². The van der Waals surface area contributed by atoms with Gasteiger partial charge in [-0.1, -0.05) is 0 Å². The number of anilines is 1. The number of nitrogens with zero attached hydrogens (tertiary/aromatic N) is 1. The largest absolute Gasteiger partial charge is 0.574 e. The Morgan fingerprint density at radius 2 is 2.00 bits per heavy atom. The summed E-state index contributed by atoms with van der Waals surface area (Å²) in [6, 6.07) is 2.50. The van der Waals surface area contributed by atoms with Crippen LogP contribution in [-0.4, -0.2) is 11.3 Å². The summed E-state index contributed by atoms with van der Waals surface area (Å²) >= 11 is 1.85. The van der Waals surface area contributed by atoms with Crippen LogP contribution >= 0.6 is 22.6 Å². The van der Waals surface area contributed by atoms with E-state index in [0.29, 0.717) is 3.57 Å². The van der Waals surface area contributed by atoms with Gasteiger partial charge in [-0.15, -0.1) is 13.2 Å². The summed E-state index contributed by atoms with van der Waals surface area (Å²) in [5.74, 6) is -0.534. The van der Waals surface area contributed by atoms with E-state index in [1.807, 2.05) is 22.6 Å². The average Bonchev–Trinajstić information content (AvgIpc) is 1.94. The Morgan fingerprint density at radius 1 is 1.38 bits per heavy atom. The van der Waals surface area contributed by atoms with Crippen molar-refractivity contribution in [2.75, 3.05) is 5.73 Å². The lowest BCUT2D eigenvalue weighted by Crippen LogP contribution is -2.18. The van der Waals surface area contributed by atoms with Crippen molar-refractivity contribution in [3.63, 3.8) is 0 Å². The van der Waals surface area contributed by atoms with E-state index < -0.39 is 12.2 Å². The van der Waals surface area contributed by atoms with Crippen LogP contribution in [0.15, 0.2) is 12.1 Å². The van der Waals surface area contributed by atoms with Crippen molar-refractivity contribution in [2.24, 2.45) is 0 Å². The molecule has 0 aliphatic rings. The molecular weight excluding hydrogens is 300 g/mol. The molecule has 3 nitrogen and oxygen atoms in total. The fourth-order valence-corrected chi connectivity index (χ4v) is 0.915. The first-order chi connectivity index (χ1) is 5.88. The first-order valence-corrected chi connectivity index (χ1v) is 4.14. The van der Waals surface area contributed by atoms with Crippen molar-refractivity contribution in [2.45, 2.75) is 6.36 Å². The Bertz CT molecular complexity index is 315. The predicted octanol–water partition coefficient (Wildman–Crippen LogP) is 2.17. The minimum absolute atomic E-state index is 0.0161. The molecule has 0 radical (unpaired) electrons. The van der Waals surface area contributed by atoms with Gasteiger partial charge in [0.15, 0.2) is 0 Å².